The highest BCUT2D eigenvalue weighted by Gasteiger charge is 2.30. The van der Waals surface area contributed by atoms with E-state index in [4.69, 9.17) is 0 Å². The molecule has 0 aliphatic carbocycles. The van der Waals surface area contributed by atoms with E-state index in [9.17, 15) is 0 Å². The van der Waals surface area contributed by atoms with Gasteiger partial charge in [-0.15, -0.1) is 0 Å². The van der Waals surface area contributed by atoms with Crippen molar-refractivity contribution >= 4 is 149 Å². The molecule has 0 N–H and O–H groups in total. The molecule has 0 unspecified atom stereocenters. The molecule has 1 nitrogen and oxygen atoms in total. The normalized spacial score (nSPS) is 11.7. The average Bonchev–Trinajstić information content (AvgIpc) is 3.21. The first kappa shape index (κ1) is 29.8. The summed E-state index contributed by atoms with van der Waals surface area (Å²) in [6, 6.07) is 29.9. The fourth-order valence-corrected chi connectivity index (χ4v) is 12.3. The zero-order valence-electron chi connectivity index (χ0n) is 20.1. The monoisotopic (exact) mass is 1030 g/mol. The van der Waals surface area contributed by atoms with Crippen LogP contribution in [0.25, 0.3) is 27.5 Å². The Morgan fingerprint density at radius 1 is 0.425 bits per heavy atom. The highest BCUT2D eigenvalue weighted by molar-refractivity contribution is 9.12. The highest BCUT2D eigenvalue weighted by Crippen LogP contribution is 2.51. The number of halogens is 8. The Kier molecular flexibility index (Phi) is 8.96. The second-order valence-electron chi connectivity index (χ2n) is 9.19. The lowest BCUT2D eigenvalue weighted by Crippen LogP contribution is -2.10. The molecule has 200 valence electrons. The number of para-hydroxylation sites is 2. The molecule has 0 saturated heterocycles. The molecular weight excluding hydrogens is 1030 g/mol. The number of rotatable bonds is 4. The predicted octanol–water partition coefficient (Wildman–Crippen LogP) is 14.1. The van der Waals surface area contributed by atoms with E-state index in [1.807, 2.05) is 0 Å². The molecule has 9 heteroatoms. The first-order chi connectivity index (χ1) is 19.2. The molecule has 6 rings (SSSR count). The topological polar surface area (TPSA) is 4.93 Å². The minimum atomic E-state index is -0.148. The number of hydrogen-bond acceptors (Lipinski definition) is 0. The summed E-state index contributed by atoms with van der Waals surface area (Å²) in [6.45, 7) is 0. The van der Waals surface area contributed by atoms with Crippen LogP contribution in [-0.2, 0) is 0 Å². The van der Waals surface area contributed by atoms with E-state index in [0.717, 1.165) is 58.2 Å². The molecule has 6 aromatic rings. The maximum Gasteiger partial charge on any atom is 0.0541 e. The Balaban J connectivity index is 1.65. The minimum Gasteiger partial charge on any atom is -0.309 e. The van der Waals surface area contributed by atoms with Gasteiger partial charge in [-0.25, -0.2) is 0 Å². The van der Waals surface area contributed by atoms with Gasteiger partial charge in [0, 0.05) is 58.2 Å². The molecule has 0 fully saturated rings. The quantitative estimate of drug-likeness (QED) is 0.155. The van der Waals surface area contributed by atoms with Crippen LogP contribution < -0.4 is 0 Å². The van der Waals surface area contributed by atoms with E-state index in [0.29, 0.717) is 0 Å². The summed E-state index contributed by atoms with van der Waals surface area (Å²) in [4.78, 5) is 0. The van der Waals surface area contributed by atoms with Gasteiger partial charge in [0.05, 0.1) is 11.0 Å². The van der Waals surface area contributed by atoms with Crippen LogP contribution in [0.4, 0.5) is 0 Å². The second kappa shape index (κ2) is 12.0. The first-order valence-electron chi connectivity index (χ1n) is 11.9. The van der Waals surface area contributed by atoms with Crippen LogP contribution in [0.3, 0.4) is 0 Å². The molecule has 40 heavy (non-hydrogen) atoms. The number of aromatic nitrogens is 1. The lowest BCUT2D eigenvalue weighted by Gasteiger charge is -2.27. The summed E-state index contributed by atoms with van der Waals surface area (Å²) in [7, 11) is 0. The van der Waals surface area contributed by atoms with Crippen molar-refractivity contribution in [3.8, 4) is 5.69 Å². The van der Waals surface area contributed by atoms with E-state index < -0.39 is 0 Å². The highest BCUT2D eigenvalue weighted by atomic mass is 79.9. The number of nitrogens with zero attached hydrogens (tertiary/aromatic N) is 1. The molecular formula is C31H15Br8N. The molecule has 0 aliphatic rings. The van der Waals surface area contributed by atoms with Gasteiger partial charge in [-0.05, 0) is 65.2 Å². The fourth-order valence-electron chi connectivity index (χ4n) is 5.27. The maximum atomic E-state index is 4.01. The molecule has 5 aromatic carbocycles. The summed E-state index contributed by atoms with van der Waals surface area (Å²) in [5.41, 5.74) is 6.74. The van der Waals surface area contributed by atoms with Crippen LogP contribution in [0.1, 0.15) is 22.6 Å². The van der Waals surface area contributed by atoms with E-state index in [-0.39, 0.29) is 5.92 Å². The molecule has 0 atom stereocenters. The zero-order chi connectivity index (χ0) is 28.3. The van der Waals surface area contributed by atoms with Gasteiger partial charge in [0.15, 0.2) is 0 Å². The van der Waals surface area contributed by atoms with Gasteiger partial charge in [0.1, 0.15) is 0 Å². The maximum absolute atomic E-state index is 4.01. The van der Waals surface area contributed by atoms with Crippen molar-refractivity contribution in [2.24, 2.45) is 0 Å². The van der Waals surface area contributed by atoms with Crippen LogP contribution in [0.5, 0.6) is 0 Å². The SMILES string of the molecule is Brc1cc(Br)c(C(c2c(Br)cc(Br)cc2Br)c2c(Br)cc(-n3c4ccccc4c4ccccc43)cc2Br)c(Br)c1. The van der Waals surface area contributed by atoms with E-state index in [2.05, 4.69) is 217 Å². The molecule has 0 bridgehead atoms. The molecule has 1 aromatic heterocycles. The molecule has 0 aliphatic heterocycles. The lowest BCUT2D eigenvalue weighted by atomic mass is 9.85. The Hall–Kier alpha value is -0.260. The average molecular weight is 1040 g/mol. The van der Waals surface area contributed by atoms with Gasteiger partial charge < -0.3 is 4.57 Å². The predicted molar refractivity (Wildman–Crippen MR) is 196 cm³/mol. The summed E-state index contributed by atoms with van der Waals surface area (Å²) < 4.78 is 10.3. The Morgan fingerprint density at radius 2 is 0.750 bits per heavy atom. The van der Waals surface area contributed by atoms with Gasteiger partial charge in [-0.3, -0.25) is 0 Å². The van der Waals surface area contributed by atoms with Crippen molar-refractivity contribution in [1.29, 1.82) is 0 Å². The minimum absolute atomic E-state index is 0.148. The van der Waals surface area contributed by atoms with Gasteiger partial charge in [-0.2, -0.15) is 0 Å². The molecule has 0 radical (unpaired) electrons. The molecule has 0 spiro atoms. The summed E-state index contributed by atoms with van der Waals surface area (Å²) in [6.07, 6.45) is 0. The van der Waals surface area contributed by atoms with Gasteiger partial charge in [0.25, 0.3) is 0 Å². The summed E-state index contributed by atoms with van der Waals surface area (Å²) in [5, 5.41) is 2.47. The molecule has 1 heterocycles. The smallest absolute Gasteiger partial charge is 0.0541 e. The number of fused-ring (bicyclic) bond motifs is 3. The van der Waals surface area contributed by atoms with Crippen LogP contribution >= 0.6 is 127 Å². The Labute approximate surface area is 299 Å². The largest absolute Gasteiger partial charge is 0.309 e. The summed E-state index contributed by atoms with van der Waals surface area (Å²) in [5.74, 6) is -0.148. The van der Waals surface area contributed by atoms with Crippen molar-refractivity contribution in [3.63, 3.8) is 0 Å². The van der Waals surface area contributed by atoms with Crippen LogP contribution in [0, 0.1) is 0 Å². The standard InChI is InChI=1S/C31H15Br8N/c32-15-9-20(34)28(21(35)10-15)31(29-22(36)11-16(33)12-23(29)37)30-24(38)13-17(14-25(30)39)40-26-7-3-1-5-18(26)19-6-2-4-8-27(19)40/h1-14,31H. The summed E-state index contributed by atoms with van der Waals surface area (Å²) >= 11 is 30.8. The van der Waals surface area contributed by atoms with E-state index >= 15 is 0 Å². The van der Waals surface area contributed by atoms with E-state index in [1.165, 1.54) is 21.8 Å². The molecule has 0 amide bonds. The van der Waals surface area contributed by atoms with E-state index in [1.54, 1.807) is 0 Å². The first-order valence-corrected chi connectivity index (χ1v) is 18.3. The lowest BCUT2D eigenvalue weighted by molar-refractivity contribution is 0.931. The number of hydrogen-bond donors (Lipinski definition) is 0. The third-order valence-corrected chi connectivity index (χ3v) is 11.7. The van der Waals surface area contributed by atoms with Crippen LogP contribution in [0.15, 0.2) is 121 Å². The van der Waals surface area contributed by atoms with Crippen LogP contribution in [0.2, 0.25) is 0 Å². The van der Waals surface area contributed by atoms with Crippen LogP contribution in [-0.4, -0.2) is 4.57 Å². The fraction of sp³-hybridized carbons (Fsp3) is 0.0323. The van der Waals surface area contributed by atoms with Crippen molar-refractivity contribution in [1.82, 2.24) is 4.57 Å². The van der Waals surface area contributed by atoms with Gasteiger partial charge in [0.2, 0.25) is 0 Å². The Morgan fingerprint density at radius 3 is 1.12 bits per heavy atom. The molecule has 0 saturated carbocycles. The van der Waals surface area contributed by atoms with Crippen molar-refractivity contribution in [3.05, 3.63) is 137 Å². The second-order valence-corrected chi connectivity index (χ2v) is 16.1. The number of benzene rings is 5. The zero-order valence-corrected chi connectivity index (χ0v) is 32.8. The third-order valence-electron chi connectivity index (χ3n) is 6.86. The Bertz CT molecular complexity index is 1780. The third kappa shape index (κ3) is 5.33. The van der Waals surface area contributed by atoms with Crippen molar-refractivity contribution in [2.45, 2.75) is 5.92 Å². The van der Waals surface area contributed by atoms with Crippen molar-refractivity contribution < 1.29 is 0 Å². The van der Waals surface area contributed by atoms with Crippen molar-refractivity contribution in [2.75, 3.05) is 0 Å². The van der Waals surface area contributed by atoms with Gasteiger partial charge in [-0.1, -0.05) is 164 Å². The van der Waals surface area contributed by atoms with Gasteiger partial charge >= 0.3 is 0 Å².